The maximum Gasteiger partial charge on any atom is 0.342 e. The number of hydrogen-bond donors (Lipinski definition) is 1. The number of rotatable bonds is 9. The predicted molar refractivity (Wildman–Crippen MR) is 166 cm³/mol. The minimum atomic E-state index is -0.871. The minimum Gasteiger partial charge on any atom is -0.497 e. The first-order valence-electron chi connectivity index (χ1n) is 14.7. The van der Waals surface area contributed by atoms with Crippen molar-refractivity contribution in [2.45, 2.75) is 64.6 Å². The molecule has 0 aliphatic carbocycles. The van der Waals surface area contributed by atoms with Crippen molar-refractivity contribution in [1.29, 1.82) is 0 Å². The van der Waals surface area contributed by atoms with Crippen LogP contribution in [0.2, 0.25) is 0 Å². The van der Waals surface area contributed by atoms with Crippen molar-refractivity contribution in [2.75, 3.05) is 13.7 Å². The number of cyclic esters (lactones) is 2. The summed E-state index contributed by atoms with van der Waals surface area (Å²) in [5.74, 6) is -0.00561. The smallest absolute Gasteiger partial charge is 0.342 e. The average Bonchev–Trinajstić information content (AvgIpc) is 3.03. The summed E-state index contributed by atoms with van der Waals surface area (Å²) >= 11 is 0. The van der Waals surface area contributed by atoms with E-state index in [1.165, 1.54) is 0 Å². The monoisotopic (exact) mass is 600 g/mol. The van der Waals surface area contributed by atoms with Crippen LogP contribution in [0.5, 0.6) is 11.5 Å². The van der Waals surface area contributed by atoms with E-state index < -0.39 is 30.3 Å². The summed E-state index contributed by atoms with van der Waals surface area (Å²) in [6.07, 6.45) is 3.34. The Morgan fingerprint density at radius 1 is 0.886 bits per heavy atom. The SMILES string of the molecule is COc1ccc(COCC[C@H]2CC(=O)O[C@@H](C)/C=C/C(O)/C(C)=C\Cc3cccc(OCc4ccccc4)c3C(=O)O2)cc1. The van der Waals surface area contributed by atoms with Crippen molar-refractivity contribution < 1.29 is 38.4 Å². The highest BCUT2D eigenvalue weighted by molar-refractivity contribution is 5.94. The molecule has 8 nitrogen and oxygen atoms in total. The normalized spacial score (nSPS) is 21.4. The molecule has 1 aliphatic heterocycles. The van der Waals surface area contributed by atoms with Gasteiger partial charge in [0.15, 0.2) is 0 Å². The largest absolute Gasteiger partial charge is 0.497 e. The summed E-state index contributed by atoms with van der Waals surface area (Å²) in [6.45, 7) is 4.38. The van der Waals surface area contributed by atoms with Gasteiger partial charge in [-0.05, 0) is 66.8 Å². The summed E-state index contributed by atoms with van der Waals surface area (Å²) in [4.78, 5) is 26.7. The molecule has 3 aromatic carbocycles. The highest BCUT2D eigenvalue weighted by Gasteiger charge is 2.26. The Hall–Kier alpha value is -4.40. The number of allylic oxidation sites excluding steroid dienone is 1. The van der Waals surface area contributed by atoms with E-state index >= 15 is 0 Å². The topological polar surface area (TPSA) is 101 Å². The molecule has 3 aromatic rings. The van der Waals surface area contributed by atoms with E-state index in [1.807, 2.05) is 72.8 Å². The highest BCUT2D eigenvalue weighted by atomic mass is 16.6. The number of methoxy groups -OCH3 is 1. The van der Waals surface area contributed by atoms with Gasteiger partial charge >= 0.3 is 11.9 Å². The van der Waals surface area contributed by atoms with Crippen LogP contribution in [0.4, 0.5) is 0 Å². The van der Waals surface area contributed by atoms with E-state index in [1.54, 1.807) is 39.2 Å². The average molecular weight is 601 g/mol. The lowest BCUT2D eigenvalue weighted by Gasteiger charge is -2.20. The van der Waals surface area contributed by atoms with Gasteiger partial charge in [0.2, 0.25) is 0 Å². The highest BCUT2D eigenvalue weighted by Crippen LogP contribution is 2.27. The number of benzene rings is 3. The Morgan fingerprint density at radius 2 is 1.64 bits per heavy atom. The molecule has 232 valence electrons. The van der Waals surface area contributed by atoms with Crippen LogP contribution in [-0.2, 0) is 38.6 Å². The molecule has 1 aliphatic rings. The van der Waals surface area contributed by atoms with Crippen molar-refractivity contribution in [1.82, 2.24) is 0 Å². The fraction of sp³-hybridized carbons (Fsp3) is 0.333. The number of carbonyl (C=O) groups is 2. The van der Waals surface area contributed by atoms with Gasteiger partial charge in [0.05, 0.1) is 32.8 Å². The lowest BCUT2D eigenvalue weighted by atomic mass is 10.0. The standard InChI is InChI=1S/C36H40O8/c1-25-12-16-29-10-7-11-33(42-24-27-8-5-4-6-9-27)35(29)36(39)44-31(22-34(38)43-26(2)13-19-32(25)37)20-21-41-23-28-14-17-30(40-3)18-15-28/h4-15,17-19,26,31-32,37H,16,20-24H2,1-3H3/b19-13+,25-12-/t26-,31-,32?/m0/s1. The predicted octanol–water partition coefficient (Wildman–Crippen LogP) is 6.15. The van der Waals surface area contributed by atoms with Gasteiger partial charge in [0.25, 0.3) is 0 Å². The van der Waals surface area contributed by atoms with Gasteiger partial charge in [-0.1, -0.05) is 66.7 Å². The van der Waals surface area contributed by atoms with Gasteiger partial charge in [-0.25, -0.2) is 4.79 Å². The Bertz CT molecular complexity index is 1430. The van der Waals surface area contributed by atoms with Crippen LogP contribution in [0.25, 0.3) is 0 Å². The summed E-state index contributed by atoms with van der Waals surface area (Å²) in [5, 5.41) is 10.6. The van der Waals surface area contributed by atoms with Crippen molar-refractivity contribution in [3.05, 3.63) is 119 Å². The van der Waals surface area contributed by atoms with Gasteiger partial charge in [-0.15, -0.1) is 0 Å². The number of fused-ring (bicyclic) bond motifs is 1. The molecule has 0 fully saturated rings. The Morgan fingerprint density at radius 3 is 2.39 bits per heavy atom. The van der Waals surface area contributed by atoms with E-state index in [-0.39, 0.29) is 31.6 Å². The zero-order chi connectivity index (χ0) is 31.3. The first-order chi connectivity index (χ1) is 21.3. The molecule has 44 heavy (non-hydrogen) atoms. The minimum absolute atomic E-state index is 0.155. The van der Waals surface area contributed by atoms with Crippen molar-refractivity contribution in [3.63, 3.8) is 0 Å². The van der Waals surface area contributed by atoms with Crippen LogP contribution in [0.15, 0.2) is 96.6 Å². The number of esters is 2. The fourth-order valence-electron chi connectivity index (χ4n) is 4.66. The molecule has 1 unspecified atom stereocenters. The molecular weight excluding hydrogens is 560 g/mol. The van der Waals surface area contributed by atoms with Crippen LogP contribution >= 0.6 is 0 Å². The quantitative estimate of drug-likeness (QED) is 0.177. The molecule has 8 heteroatoms. The van der Waals surface area contributed by atoms with Crippen LogP contribution in [0, 0.1) is 0 Å². The first-order valence-corrected chi connectivity index (χ1v) is 14.7. The molecule has 0 amide bonds. The molecule has 0 bridgehead atoms. The molecule has 1 N–H and O–H groups in total. The van der Waals surface area contributed by atoms with Crippen molar-refractivity contribution in [3.8, 4) is 11.5 Å². The van der Waals surface area contributed by atoms with Gasteiger partial charge in [-0.3, -0.25) is 4.79 Å². The molecule has 0 spiro atoms. The van der Waals surface area contributed by atoms with Gasteiger partial charge in [0.1, 0.15) is 35.9 Å². The maximum absolute atomic E-state index is 13.8. The summed E-state index contributed by atoms with van der Waals surface area (Å²) in [5.41, 5.74) is 3.56. The maximum atomic E-state index is 13.8. The third-order valence-electron chi connectivity index (χ3n) is 7.23. The summed E-state index contributed by atoms with van der Waals surface area (Å²) in [7, 11) is 1.61. The molecule has 0 radical (unpaired) electrons. The van der Waals surface area contributed by atoms with E-state index in [9.17, 15) is 14.7 Å². The zero-order valence-electron chi connectivity index (χ0n) is 25.4. The van der Waals surface area contributed by atoms with E-state index in [2.05, 4.69) is 0 Å². The fourth-order valence-corrected chi connectivity index (χ4v) is 4.66. The van der Waals surface area contributed by atoms with Crippen molar-refractivity contribution in [2.24, 2.45) is 0 Å². The molecule has 1 heterocycles. The molecular formula is C36H40O8. The van der Waals surface area contributed by atoms with Gasteiger partial charge in [0, 0.05) is 6.42 Å². The third-order valence-corrected chi connectivity index (χ3v) is 7.23. The second-order valence-electron chi connectivity index (χ2n) is 10.7. The molecule has 4 rings (SSSR count). The first kappa shape index (κ1) is 32.5. The Kier molecular flexibility index (Phi) is 12.2. The molecule has 0 saturated heterocycles. The zero-order valence-corrected chi connectivity index (χ0v) is 25.4. The Labute approximate surface area is 258 Å². The van der Waals surface area contributed by atoms with Crippen LogP contribution < -0.4 is 9.47 Å². The molecule has 0 saturated carbocycles. The van der Waals surface area contributed by atoms with Crippen LogP contribution in [0.1, 0.15) is 53.7 Å². The van der Waals surface area contributed by atoms with Crippen LogP contribution in [-0.4, -0.2) is 49.1 Å². The number of ether oxygens (including phenoxy) is 5. The van der Waals surface area contributed by atoms with Gasteiger partial charge < -0.3 is 28.8 Å². The lowest BCUT2D eigenvalue weighted by Crippen LogP contribution is -2.26. The van der Waals surface area contributed by atoms with E-state index in [0.717, 1.165) is 16.9 Å². The second-order valence-corrected chi connectivity index (χ2v) is 10.7. The second kappa shape index (κ2) is 16.4. The lowest BCUT2D eigenvalue weighted by molar-refractivity contribution is -0.148. The molecule has 0 aromatic heterocycles. The van der Waals surface area contributed by atoms with E-state index in [0.29, 0.717) is 29.9 Å². The molecule has 3 atom stereocenters. The number of aliphatic hydroxyl groups is 1. The Balaban J connectivity index is 1.57. The third kappa shape index (κ3) is 9.82. The van der Waals surface area contributed by atoms with Crippen LogP contribution in [0.3, 0.4) is 0 Å². The summed E-state index contributed by atoms with van der Waals surface area (Å²) in [6, 6.07) is 22.6. The number of hydrogen-bond acceptors (Lipinski definition) is 8. The number of aliphatic hydroxyl groups excluding tert-OH is 1. The van der Waals surface area contributed by atoms with E-state index in [4.69, 9.17) is 23.7 Å². The number of carbonyl (C=O) groups excluding carboxylic acids is 2. The van der Waals surface area contributed by atoms with Crippen molar-refractivity contribution >= 4 is 11.9 Å². The summed E-state index contributed by atoms with van der Waals surface area (Å²) < 4.78 is 28.7. The van der Waals surface area contributed by atoms with Gasteiger partial charge in [-0.2, -0.15) is 0 Å².